The summed E-state index contributed by atoms with van der Waals surface area (Å²) in [7, 11) is 1.64. The molecular weight excluding hydrogens is 272 g/mol. The Hall–Kier alpha value is -0.940. The number of hydrogen-bond acceptors (Lipinski definition) is 5. The normalized spacial score (nSPS) is 26.4. The fourth-order valence-electron chi connectivity index (χ4n) is 3.67. The molecule has 1 saturated heterocycles. The van der Waals surface area contributed by atoms with E-state index >= 15 is 0 Å². The van der Waals surface area contributed by atoms with Gasteiger partial charge in [0, 0.05) is 19.7 Å². The second-order valence-electron chi connectivity index (χ2n) is 5.81. The summed E-state index contributed by atoms with van der Waals surface area (Å²) in [6.07, 6.45) is 8.86. The van der Waals surface area contributed by atoms with Gasteiger partial charge in [0.05, 0.1) is 17.2 Å². The average Bonchev–Trinajstić information content (AvgIpc) is 2.90. The van der Waals surface area contributed by atoms with Gasteiger partial charge in [0.1, 0.15) is 0 Å². The molecule has 1 saturated carbocycles. The number of piperidine rings is 1. The van der Waals surface area contributed by atoms with Crippen LogP contribution in [0.1, 0.15) is 53.9 Å². The third kappa shape index (κ3) is 2.61. The number of nitrogens with zero attached hydrogens (tertiary/aromatic N) is 2. The Bertz CT molecular complexity index is 472. The maximum Gasteiger partial charge on any atom is 0.186 e. The molecule has 2 aliphatic rings. The van der Waals surface area contributed by atoms with Gasteiger partial charge in [-0.05, 0) is 31.6 Å². The van der Waals surface area contributed by atoms with E-state index in [1.54, 1.807) is 7.11 Å². The molecule has 0 amide bonds. The number of aldehydes is 1. The first-order valence-electron chi connectivity index (χ1n) is 7.54. The van der Waals surface area contributed by atoms with Crippen molar-refractivity contribution in [3.8, 4) is 0 Å². The number of anilines is 1. The van der Waals surface area contributed by atoms with E-state index in [4.69, 9.17) is 4.74 Å². The van der Waals surface area contributed by atoms with Crippen LogP contribution in [0.15, 0.2) is 0 Å². The van der Waals surface area contributed by atoms with Crippen molar-refractivity contribution in [3.05, 3.63) is 10.6 Å². The molecule has 4 nitrogen and oxygen atoms in total. The predicted molar refractivity (Wildman–Crippen MR) is 80.5 cm³/mol. The molecule has 2 heterocycles. The standard InChI is InChI=1S/C15H22N2O2S/c1-19-10-12-14(9-18)20-15(16-12)17-8-4-6-11-5-2-3-7-13(11)17/h9,11,13H,2-8,10H2,1H3. The van der Waals surface area contributed by atoms with Gasteiger partial charge in [-0.1, -0.05) is 24.2 Å². The largest absolute Gasteiger partial charge is 0.378 e. The van der Waals surface area contributed by atoms with Gasteiger partial charge in [-0.15, -0.1) is 0 Å². The summed E-state index contributed by atoms with van der Waals surface area (Å²) in [5, 5.41) is 1.02. The van der Waals surface area contributed by atoms with Crippen molar-refractivity contribution in [2.24, 2.45) is 5.92 Å². The van der Waals surface area contributed by atoms with Gasteiger partial charge in [-0.25, -0.2) is 4.98 Å². The summed E-state index contributed by atoms with van der Waals surface area (Å²) in [6.45, 7) is 1.51. The molecule has 0 aromatic carbocycles. The van der Waals surface area contributed by atoms with Crippen LogP contribution in [0.3, 0.4) is 0 Å². The zero-order valence-electron chi connectivity index (χ0n) is 12.0. The summed E-state index contributed by atoms with van der Waals surface area (Å²) >= 11 is 1.53. The summed E-state index contributed by atoms with van der Waals surface area (Å²) < 4.78 is 5.14. The minimum atomic E-state index is 0.423. The fraction of sp³-hybridized carbons (Fsp3) is 0.733. The monoisotopic (exact) mass is 294 g/mol. The second kappa shape index (κ2) is 6.22. The molecule has 5 heteroatoms. The van der Waals surface area contributed by atoms with Crippen LogP contribution >= 0.6 is 11.3 Å². The van der Waals surface area contributed by atoms with Gasteiger partial charge in [0.15, 0.2) is 11.4 Å². The summed E-state index contributed by atoms with van der Waals surface area (Å²) in [5.41, 5.74) is 0.792. The van der Waals surface area contributed by atoms with Gasteiger partial charge >= 0.3 is 0 Å². The second-order valence-corrected chi connectivity index (χ2v) is 6.81. The topological polar surface area (TPSA) is 42.4 Å². The van der Waals surface area contributed by atoms with Gasteiger partial charge in [0.2, 0.25) is 0 Å². The van der Waals surface area contributed by atoms with E-state index in [9.17, 15) is 4.79 Å². The molecule has 1 aliphatic carbocycles. The third-order valence-electron chi connectivity index (χ3n) is 4.59. The summed E-state index contributed by atoms with van der Waals surface area (Å²) in [6, 6.07) is 0.638. The van der Waals surface area contributed by atoms with Crippen molar-refractivity contribution >= 4 is 22.8 Å². The smallest absolute Gasteiger partial charge is 0.186 e. The van der Waals surface area contributed by atoms with Crippen molar-refractivity contribution in [3.63, 3.8) is 0 Å². The van der Waals surface area contributed by atoms with Crippen LogP contribution < -0.4 is 4.90 Å². The van der Waals surface area contributed by atoms with E-state index < -0.39 is 0 Å². The van der Waals surface area contributed by atoms with Crippen LogP contribution in [0.25, 0.3) is 0 Å². The molecular formula is C15H22N2O2S. The molecule has 1 aliphatic heterocycles. The summed E-state index contributed by atoms with van der Waals surface area (Å²) in [4.78, 5) is 19.0. The van der Waals surface area contributed by atoms with Crippen LogP contribution in [0.2, 0.25) is 0 Å². The number of hydrogen-bond donors (Lipinski definition) is 0. The first kappa shape index (κ1) is 14.0. The third-order valence-corrected chi connectivity index (χ3v) is 5.65. The lowest BCUT2D eigenvalue weighted by Crippen LogP contribution is -2.46. The van der Waals surface area contributed by atoms with E-state index in [0.717, 1.165) is 34.5 Å². The van der Waals surface area contributed by atoms with Crippen molar-refractivity contribution in [2.45, 2.75) is 51.2 Å². The molecule has 1 aromatic rings. The molecule has 20 heavy (non-hydrogen) atoms. The number of thiazole rings is 1. The Balaban J connectivity index is 1.85. The highest BCUT2D eigenvalue weighted by Gasteiger charge is 2.34. The van der Waals surface area contributed by atoms with E-state index in [1.807, 2.05) is 0 Å². The number of carbonyl (C=O) groups excluding carboxylic acids is 1. The van der Waals surface area contributed by atoms with Crippen LogP contribution in [0, 0.1) is 5.92 Å². The Labute approximate surface area is 124 Å². The molecule has 1 aromatic heterocycles. The van der Waals surface area contributed by atoms with E-state index in [1.165, 1.54) is 49.9 Å². The van der Waals surface area contributed by atoms with Crippen LogP contribution in [0.5, 0.6) is 0 Å². The zero-order valence-corrected chi connectivity index (χ0v) is 12.8. The van der Waals surface area contributed by atoms with E-state index in [2.05, 4.69) is 9.88 Å². The molecule has 2 atom stereocenters. The van der Waals surface area contributed by atoms with Crippen LogP contribution in [-0.4, -0.2) is 31.0 Å². The molecule has 2 unspecified atom stereocenters. The Morgan fingerprint density at radius 3 is 2.95 bits per heavy atom. The Morgan fingerprint density at radius 2 is 2.15 bits per heavy atom. The van der Waals surface area contributed by atoms with Gasteiger partial charge in [-0.3, -0.25) is 4.79 Å². The Morgan fingerprint density at radius 1 is 1.35 bits per heavy atom. The van der Waals surface area contributed by atoms with Gasteiger partial charge < -0.3 is 9.64 Å². The molecule has 0 bridgehead atoms. The number of aromatic nitrogens is 1. The Kier molecular flexibility index (Phi) is 4.36. The molecule has 2 fully saturated rings. The first-order valence-corrected chi connectivity index (χ1v) is 8.35. The van der Waals surface area contributed by atoms with Crippen molar-refractivity contribution < 1.29 is 9.53 Å². The fourth-order valence-corrected chi connectivity index (χ4v) is 4.63. The average molecular weight is 294 g/mol. The molecule has 0 spiro atoms. The van der Waals surface area contributed by atoms with Crippen molar-refractivity contribution in [1.82, 2.24) is 4.98 Å². The van der Waals surface area contributed by atoms with E-state index in [-0.39, 0.29) is 0 Å². The van der Waals surface area contributed by atoms with Crippen molar-refractivity contribution in [2.75, 3.05) is 18.6 Å². The van der Waals surface area contributed by atoms with E-state index in [0.29, 0.717) is 12.6 Å². The lowest BCUT2D eigenvalue weighted by Gasteiger charge is -2.44. The molecule has 3 rings (SSSR count). The van der Waals surface area contributed by atoms with Gasteiger partial charge in [-0.2, -0.15) is 0 Å². The number of methoxy groups -OCH3 is 1. The highest BCUT2D eigenvalue weighted by atomic mass is 32.1. The maximum absolute atomic E-state index is 11.2. The van der Waals surface area contributed by atoms with Crippen LogP contribution in [-0.2, 0) is 11.3 Å². The number of rotatable bonds is 4. The number of fused-ring (bicyclic) bond motifs is 1. The predicted octanol–water partition coefficient (Wildman–Crippen LogP) is 3.26. The molecule has 0 N–H and O–H groups in total. The first-order chi connectivity index (χ1) is 9.83. The van der Waals surface area contributed by atoms with Gasteiger partial charge in [0.25, 0.3) is 0 Å². The van der Waals surface area contributed by atoms with Crippen LogP contribution in [0.4, 0.5) is 5.13 Å². The minimum Gasteiger partial charge on any atom is -0.378 e. The lowest BCUT2D eigenvalue weighted by atomic mass is 9.78. The highest BCUT2D eigenvalue weighted by Crippen LogP contribution is 2.39. The molecule has 110 valence electrons. The highest BCUT2D eigenvalue weighted by molar-refractivity contribution is 7.17. The maximum atomic E-state index is 11.2. The van der Waals surface area contributed by atoms with Crippen molar-refractivity contribution in [1.29, 1.82) is 0 Å². The minimum absolute atomic E-state index is 0.423. The molecule has 0 radical (unpaired) electrons. The zero-order chi connectivity index (χ0) is 13.9. The quantitative estimate of drug-likeness (QED) is 0.799. The lowest BCUT2D eigenvalue weighted by molar-refractivity contribution is 0.112. The summed E-state index contributed by atoms with van der Waals surface area (Å²) in [5.74, 6) is 0.826. The number of ether oxygens (including phenoxy) is 1. The SMILES string of the molecule is COCc1nc(N2CCCC3CCCCC32)sc1C=O. The number of carbonyl (C=O) groups is 1.